The van der Waals surface area contributed by atoms with Gasteiger partial charge in [-0.25, -0.2) is 16.8 Å². The number of sulfonamides is 1. The molecule has 0 N–H and O–H groups in total. The van der Waals surface area contributed by atoms with Crippen molar-refractivity contribution in [1.29, 1.82) is 0 Å². The lowest BCUT2D eigenvalue weighted by molar-refractivity contribution is 0.185. The Hall–Kier alpha value is -0.180. The summed E-state index contributed by atoms with van der Waals surface area (Å²) in [5.74, 6) is 0.0524. The summed E-state index contributed by atoms with van der Waals surface area (Å²) in [6.07, 6.45) is 0.579. The van der Waals surface area contributed by atoms with Gasteiger partial charge in [-0.15, -0.1) is 0 Å². The molecule has 2 unspecified atom stereocenters. The summed E-state index contributed by atoms with van der Waals surface area (Å²) >= 11 is 0. The molecule has 0 spiro atoms. The molecule has 0 aromatic rings. The van der Waals surface area contributed by atoms with Crippen LogP contribution in [0.3, 0.4) is 0 Å². The predicted octanol–water partition coefficient (Wildman–Crippen LogP) is 0.249. The lowest BCUT2D eigenvalue weighted by atomic mass is 10.3. The minimum Gasteiger partial charge on any atom is -0.383 e. The molecule has 0 bridgehead atoms. The molecule has 1 saturated carbocycles. The Kier molecular flexibility index (Phi) is 3.99. The molecule has 2 aliphatic rings. The predicted molar refractivity (Wildman–Crippen MR) is 76.7 cm³/mol. The van der Waals surface area contributed by atoms with Gasteiger partial charge in [0.2, 0.25) is 10.0 Å². The molecule has 2 rings (SSSR count). The third kappa shape index (κ3) is 2.20. The summed E-state index contributed by atoms with van der Waals surface area (Å²) in [5.41, 5.74) is 0. The monoisotopic (exact) mass is 325 g/mol. The van der Waals surface area contributed by atoms with E-state index in [1.807, 2.05) is 6.92 Å². The summed E-state index contributed by atoms with van der Waals surface area (Å²) < 4.78 is 55.2. The van der Waals surface area contributed by atoms with Crippen LogP contribution >= 0.6 is 0 Å². The van der Waals surface area contributed by atoms with Gasteiger partial charge >= 0.3 is 0 Å². The zero-order valence-corrected chi connectivity index (χ0v) is 14.0. The van der Waals surface area contributed by atoms with E-state index in [4.69, 9.17) is 4.74 Å². The van der Waals surface area contributed by atoms with E-state index in [-0.39, 0.29) is 25.6 Å². The summed E-state index contributed by atoms with van der Waals surface area (Å²) in [6, 6.07) is 0. The first-order valence-electron chi connectivity index (χ1n) is 6.81. The van der Waals surface area contributed by atoms with E-state index in [1.54, 1.807) is 13.8 Å². The molecule has 1 heterocycles. The second-order valence-corrected chi connectivity index (χ2v) is 11.2. The van der Waals surface area contributed by atoms with E-state index < -0.39 is 35.1 Å². The first kappa shape index (κ1) is 16.2. The number of hydrogen-bond acceptors (Lipinski definition) is 5. The molecule has 0 amide bonds. The van der Waals surface area contributed by atoms with Gasteiger partial charge in [-0.05, 0) is 26.2 Å². The third-order valence-electron chi connectivity index (χ3n) is 4.68. The molecule has 2 fully saturated rings. The minimum atomic E-state index is -3.53. The number of hydrogen-bond donors (Lipinski definition) is 0. The van der Waals surface area contributed by atoms with E-state index in [0.29, 0.717) is 6.42 Å². The van der Waals surface area contributed by atoms with Crippen LogP contribution in [0, 0.1) is 5.92 Å². The van der Waals surface area contributed by atoms with Gasteiger partial charge in [-0.2, -0.15) is 4.31 Å². The van der Waals surface area contributed by atoms with Crippen LogP contribution < -0.4 is 0 Å². The maximum Gasteiger partial charge on any atom is 0.222 e. The summed E-state index contributed by atoms with van der Waals surface area (Å²) in [5, 5.41) is -1.32. The molecule has 1 aliphatic carbocycles. The van der Waals surface area contributed by atoms with E-state index in [2.05, 4.69) is 0 Å². The molecule has 0 aromatic carbocycles. The largest absolute Gasteiger partial charge is 0.383 e. The summed E-state index contributed by atoms with van der Waals surface area (Å²) in [6.45, 7) is 5.31. The van der Waals surface area contributed by atoms with Crippen molar-refractivity contribution < 1.29 is 21.6 Å². The van der Waals surface area contributed by atoms with E-state index >= 15 is 0 Å². The molecule has 1 aliphatic heterocycles. The first-order chi connectivity index (χ1) is 9.09. The zero-order valence-electron chi connectivity index (χ0n) is 12.4. The molecule has 6 nitrogen and oxygen atoms in total. The van der Waals surface area contributed by atoms with Gasteiger partial charge in [0, 0.05) is 20.2 Å². The second kappa shape index (κ2) is 4.93. The lowest BCUT2D eigenvalue weighted by Crippen LogP contribution is -2.55. The fourth-order valence-corrected chi connectivity index (χ4v) is 7.39. The Labute approximate surface area is 121 Å². The molecule has 118 valence electrons. The van der Waals surface area contributed by atoms with Crippen molar-refractivity contribution in [2.24, 2.45) is 5.92 Å². The molecule has 0 radical (unpaired) electrons. The Bertz CT molecular complexity index is 567. The Morgan fingerprint density at radius 2 is 1.65 bits per heavy atom. The fourth-order valence-electron chi connectivity index (χ4n) is 3.04. The first-order valence-corrected chi connectivity index (χ1v) is 9.86. The van der Waals surface area contributed by atoms with Crippen molar-refractivity contribution >= 4 is 19.9 Å². The van der Waals surface area contributed by atoms with Crippen LogP contribution in [0.2, 0.25) is 0 Å². The normalized spacial score (nSPS) is 41.5. The molecule has 0 aromatic heterocycles. The number of nitrogens with zero attached hydrogens (tertiary/aromatic N) is 1. The number of ether oxygens (including phenoxy) is 1. The second-order valence-electron chi connectivity index (χ2n) is 6.14. The minimum absolute atomic E-state index is 0.0488. The van der Waals surface area contributed by atoms with Crippen molar-refractivity contribution in [2.75, 3.05) is 26.8 Å². The van der Waals surface area contributed by atoms with Crippen LogP contribution in [0.1, 0.15) is 27.2 Å². The fraction of sp³-hybridized carbons (Fsp3) is 1.00. The van der Waals surface area contributed by atoms with E-state index in [1.165, 1.54) is 11.4 Å². The topological polar surface area (TPSA) is 80.8 Å². The van der Waals surface area contributed by atoms with Gasteiger partial charge in [-0.1, -0.05) is 6.92 Å². The van der Waals surface area contributed by atoms with Crippen molar-refractivity contribution in [3.8, 4) is 0 Å². The smallest absolute Gasteiger partial charge is 0.222 e. The molecule has 4 atom stereocenters. The van der Waals surface area contributed by atoms with Gasteiger partial charge < -0.3 is 4.74 Å². The lowest BCUT2D eigenvalue weighted by Gasteiger charge is -2.36. The van der Waals surface area contributed by atoms with Crippen molar-refractivity contribution in [2.45, 2.75) is 42.4 Å². The van der Waals surface area contributed by atoms with Crippen LogP contribution in [-0.4, -0.2) is 63.2 Å². The van der Waals surface area contributed by atoms with Crippen molar-refractivity contribution in [3.63, 3.8) is 0 Å². The molecule has 20 heavy (non-hydrogen) atoms. The van der Waals surface area contributed by atoms with Crippen molar-refractivity contribution in [3.05, 3.63) is 0 Å². The molecular formula is C12H23NO5S2. The summed E-state index contributed by atoms with van der Waals surface area (Å²) in [7, 11) is -5.26. The van der Waals surface area contributed by atoms with Crippen LogP contribution in [0.15, 0.2) is 0 Å². The third-order valence-corrected chi connectivity index (χ3v) is 9.91. The van der Waals surface area contributed by atoms with Gasteiger partial charge in [0.25, 0.3) is 0 Å². The maximum absolute atomic E-state index is 12.8. The highest BCUT2D eigenvalue weighted by molar-refractivity contribution is 7.93. The van der Waals surface area contributed by atoms with Crippen LogP contribution in [0.5, 0.6) is 0 Å². The number of rotatable bonds is 4. The highest BCUT2D eigenvalue weighted by Crippen LogP contribution is 2.51. The Morgan fingerprint density at radius 1 is 1.20 bits per heavy atom. The van der Waals surface area contributed by atoms with Gasteiger partial charge in [0.05, 0.1) is 17.1 Å². The van der Waals surface area contributed by atoms with Gasteiger partial charge in [-0.3, -0.25) is 0 Å². The van der Waals surface area contributed by atoms with E-state index in [9.17, 15) is 16.8 Å². The van der Waals surface area contributed by atoms with Crippen molar-refractivity contribution in [1.82, 2.24) is 4.31 Å². The average Bonchev–Trinajstić information content (AvgIpc) is 2.99. The summed E-state index contributed by atoms with van der Waals surface area (Å²) in [4.78, 5) is 0. The van der Waals surface area contributed by atoms with Crippen LogP contribution in [-0.2, 0) is 24.6 Å². The van der Waals surface area contributed by atoms with Gasteiger partial charge in [0.15, 0.2) is 9.84 Å². The zero-order chi connectivity index (χ0) is 15.3. The average molecular weight is 325 g/mol. The molecule has 8 heteroatoms. The SMILES string of the molecule is COC[C@]1(S(=O)(=O)N2CC(C)S(=O)(=O)C(C)C2)C[C@@H]1C. The number of sulfone groups is 1. The quantitative estimate of drug-likeness (QED) is 0.740. The highest BCUT2D eigenvalue weighted by Gasteiger charge is 2.64. The number of methoxy groups -OCH3 is 1. The molecule has 1 saturated heterocycles. The maximum atomic E-state index is 12.8. The van der Waals surface area contributed by atoms with Crippen LogP contribution in [0.4, 0.5) is 0 Å². The highest BCUT2D eigenvalue weighted by atomic mass is 32.2. The van der Waals surface area contributed by atoms with Crippen LogP contribution in [0.25, 0.3) is 0 Å². The Balaban J connectivity index is 2.29. The standard InChI is InChI=1S/C12H23NO5S2/c1-9-5-12(9,8-18-4)20(16,17)13-6-10(2)19(14,15)11(3)7-13/h9-11H,5-8H2,1-4H3/t9-,10?,11?,12+/m0/s1. The molecular weight excluding hydrogens is 302 g/mol. The van der Waals surface area contributed by atoms with E-state index in [0.717, 1.165) is 0 Å². The van der Waals surface area contributed by atoms with Gasteiger partial charge in [0.1, 0.15) is 4.75 Å². The Morgan fingerprint density at radius 3 is 2.00 bits per heavy atom.